The quantitative estimate of drug-likeness (QED) is 0.798. The maximum Gasteiger partial charge on any atom is 0.275 e. The first-order valence-electron chi connectivity index (χ1n) is 6.80. The van der Waals surface area contributed by atoms with Crippen LogP contribution in [0, 0.1) is 0 Å². The number of hydrogen-bond acceptors (Lipinski definition) is 7. The van der Waals surface area contributed by atoms with Gasteiger partial charge in [-0.3, -0.25) is 4.79 Å². The van der Waals surface area contributed by atoms with Crippen LogP contribution in [-0.2, 0) is 9.47 Å². The van der Waals surface area contributed by atoms with Gasteiger partial charge in [0.05, 0.1) is 25.8 Å². The molecule has 2 N–H and O–H groups in total. The Morgan fingerprint density at radius 2 is 2.29 bits per heavy atom. The number of amides is 1. The van der Waals surface area contributed by atoms with Gasteiger partial charge in [-0.2, -0.15) is 11.8 Å². The average molecular weight is 315 g/mol. The molecule has 21 heavy (non-hydrogen) atoms. The molecule has 0 aromatic carbocycles. The average Bonchev–Trinajstić information content (AvgIpc) is 3.14. The minimum Gasteiger partial charge on any atom is -0.446 e. The fraction of sp³-hybridized carbons (Fsp3) is 0.692. The van der Waals surface area contributed by atoms with Crippen molar-refractivity contribution in [3.05, 3.63) is 17.8 Å². The van der Waals surface area contributed by atoms with Crippen LogP contribution < -0.4 is 5.73 Å². The number of rotatable bonds is 7. The SMILES string of the molecule is CSCCC(N)c1nc(C(=O)N(C)CC2OCCO2)co1. The molecule has 2 rings (SSSR count). The highest BCUT2D eigenvalue weighted by Crippen LogP contribution is 2.16. The fourth-order valence-corrected chi connectivity index (χ4v) is 2.43. The summed E-state index contributed by atoms with van der Waals surface area (Å²) < 4.78 is 15.9. The van der Waals surface area contributed by atoms with Crippen molar-refractivity contribution in [2.24, 2.45) is 5.73 Å². The zero-order valence-electron chi connectivity index (χ0n) is 12.3. The Morgan fingerprint density at radius 3 is 2.95 bits per heavy atom. The zero-order chi connectivity index (χ0) is 15.2. The Morgan fingerprint density at radius 1 is 1.57 bits per heavy atom. The normalized spacial score (nSPS) is 17.1. The lowest BCUT2D eigenvalue weighted by atomic mass is 10.2. The number of aromatic nitrogens is 1. The van der Waals surface area contributed by atoms with Gasteiger partial charge in [-0.15, -0.1) is 0 Å². The Hall–Kier alpha value is -1.09. The molecule has 7 nitrogen and oxygen atoms in total. The van der Waals surface area contributed by atoms with Crippen LogP contribution in [0.15, 0.2) is 10.7 Å². The van der Waals surface area contributed by atoms with Crippen LogP contribution in [0.25, 0.3) is 0 Å². The van der Waals surface area contributed by atoms with Crippen molar-refractivity contribution in [1.29, 1.82) is 0 Å². The Bertz CT molecular complexity index is 462. The zero-order valence-corrected chi connectivity index (χ0v) is 13.1. The second kappa shape index (κ2) is 7.79. The summed E-state index contributed by atoms with van der Waals surface area (Å²) in [6.45, 7) is 1.48. The number of hydrogen-bond donors (Lipinski definition) is 1. The fourth-order valence-electron chi connectivity index (χ4n) is 1.94. The van der Waals surface area contributed by atoms with E-state index in [-0.39, 0.29) is 23.9 Å². The molecule has 0 saturated carbocycles. The van der Waals surface area contributed by atoms with Gasteiger partial charge in [-0.25, -0.2) is 4.98 Å². The van der Waals surface area contributed by atoms with E-state index in [0.29, 0.717) is 25.6 Å². The molecule has 2 heterocycles. The van der Waals surface area contributed by atoms with Crippen molar-refractivity contribution < 1.29 is 18.7 Å². The number of ether oxygens (including phenoxy) is 2. The summed E-state index contributed by atoms with van der Waals surface area (Å²) in [6, 6.07) is -0.286. The van der Waals surface area contributed by atoms with Gasteiger partial charge in [-0.1, -0.05) is 0 Å². The topological polar surface area (TPSA) is 90.8 Å². The van der Waals surface area contributed by atoms with Crippen molar-refractivity contribution in [3.8, 4) is 0 Å². The summed E-state index contributed by atoms with van der Waals surface area (Å²) in [6.07, 6.45) is 3.76. The molecule has 0 bridgehead atoms. The van der Waals surface area contributed by atoms with Gasteiger partial charge < -0.3 is 24.5 Å². The summed E-state index contributed by atoms with van der Waals surface area (Å²) in [7, 11) is 1.68. The molecular formula is C13H21N3O4S. The maximum absolute atomic E-state index is 12.2. The Kier molecular flexibility index (Phi) is 6.04. The highest BCUT2D eigenvalue weighted by atomic mass is 32.2. The monoisotopic (exact) mass is 315 g/mol. The van der Waals surface area contributed by atoms with E-state index in [1.165, 1.54) is 11.2 Å². The molecule has 1 aliphatic heterocycles. The number of carbonyl (C=O) groups is 1. The molecule has 0 radical (unpaired) electrons. The van der Waals surface area contributed by atoms with Crippen molar-refractivity contribution in [2.45, 2.75) is 18.8 Å². The molecule has 8 heteroatoms. The lowest BCUT2D eigenvalue weighted by Crippen LogP contribution is -2.35. The van der Waals surface area contributed by atoms with Crippen molar-refractivity contribution >= 4 is 17.7 Å². The molecule has 1 aromatic rings. The summed E-state index contributed by atoms with van der Waals surface area (Å²) in [5, 5.41) is 0. The molecule has 0 spiro atoms. The number of nitrogens with two attached hydrogens (primary N) is 1. The molecule has 1 fully saturated rings. The van der Waals surface area contributed by atoms with Gasteiger partial charge in [-0.05, 0) is 18.4 Å². The lowest BCUT2D eigenvalue weighted by molar-refractivity contribution is -0.0543. The second-order valence-corrected chi connectivity index (χ2v) is 5.80. The van der Waals surface area contributed by atoms with Gasteiger partial charge in [0, 0.05) is 7.05 Å². The van der Waals surface area contributed by atoms with Crippen LogP contribution in [0.3, 0.4) is 0 Å². The maximum atomic E-state index is 12.2. The molecule has 1 atom stereocenters. The van der Waals surface area contributed by atoms with E-state index in [9.17, 15) is 4.79 Å². The van der Waals surface area contributed by atoms with E-state index < -0.39 is 0 Å². The lowest BCUT2D eigenvalue weighted by Gasteiger charge is -2.18. The largest absolute Gasteiger partial charge is 0.446 e. The van der Waals surface area contributed by atoms with E-state index in [0.717, 1.165) is 12.2 Å². The van der Waals surface area contributed by atoms with Crippen LogP contribution >= 0.6 is 11.8 Å². The second-order valence-electron chi connectivity index (χ2n) is 4.82. The highest BCUT2D eigenvalue weighted by Gasteiger charge is 2.24. The molecule has 1 aromatic heterocycles. The first-order chi connectivity index (χ1) is 10.1. The van der Waals surface area contributed by atoms with Gasteiger partial charge in [0.25, 0.3) is 5.91 Å². The number of carbonyl (C=O) groups excluding carboxylic acids is 1. The third-order valence-corrected chi connectivity index (χ3v) is 3.80. The summed E-state index contributed by atoms with van der Waals surface area (Å²) >= 11 is 1.71. The Labute approximate surface area is 128 Å². The van der Waals surface area contributed by atoms with Crippen LogP contribution in [0.1, 0.15) is 28.8 Å². The summed E-state index contributed by atoms with van der Waals surface area (Å²) in [5.41, 5.74) is 6.22. The first-order valence-corrected chi connectivity index (χ1v) is 8.19. The number of oxazole rings is 1. The van der Waals surface area contributed by atoms with Crippen molar-refractivity contribution in [1.82, 2.24) is 9.88 Å². The van der Waals surface area contributed by atoms with E-state index in [4.69, 9.17) is 19.6 Å². The van der Waals surface area contributed by atoms with Crippen LogP contribution in [-0.4, -0.2) is 60.9 Å². The third kappa shape index (κ3) is 4.44. The van der Waals surface area contributed by atoms with Crippen molar-refractivity contribution in [3.63, 3.8) is 0 Å². The predicted molar refractivity (Wildman–Crippen MR) is 79.1 cm³/mol. The van der Waals surface area contributed by atoms with Crippen molar-refractivity contribution in [2.75, 3.05) is 38.8 Å². The highest BCUT2D eigenvalue weighted by molar-refractivity contribution is 7.98. The molecule has 0 aliphatic carbocycles. The molecule has 1 saturated heterocycles. The van der Waals surface area contributed by atoms with Gasteiger partial charge >= 0.3 is 0 Å². The van der Waals surface area contributed by atoms with E-state index in [2.05, 4.69) is 4.98 Å². The van der Waals surface area contributed by atoms with Gasteiger partial charge in [0.1, 0.15) is 6.26 Å². The van der Waals surface area contributed by atoms with Crippen LogP contribution in [0.4, 0.5) is 0 Å². The molecular weight excluding hydrogens is 294 g/mol. The van der Waals surface area contributed by atoms with E-state index >= 15 is 0 Å². The van der Waals surface area contributed by atoms with Crippen LogP contribution in [0.5, 0.6) is 0 Å². The standard InChI is InChI=1S/C13H21N3O4S/c1-16(7-11-18-4-5-19-11)13(17)10-8-20-12(15-10)9(14)3-6-21-2/h8-9,11H,3-7,14H2,1-2H3. The first kappa shape index (κ1) is 16.3. The van der Waals surface area contributed by atoms with E-state index in [1.54, 1.807) is 18.8 Å². The number of nitrogens with zero attached hydrogens (tertiary/aromatic N) is 2. The minimum absolute atomic E-state index is 0.235. The summed E-state index contributed by atoms with van der Waals surface area (Å²) in [4.78, 5) is 17.9. The molecule has 1 unspecified atom stereocenters. The molecule has 1 aliphatic rings. The predicted octanol–water partition coefficient (Wildman–Crippen LogP) is 0.872. The molecule has 118 valence electrons. The summed E-state index contributed by atoms with van der Waals surface area (Å²) in [5.74, 6) is 1.08. The molecule has 1 amide bonds. The van der Waals surface area contributed by atoms with Gasteiger partial charge in [0.2, 0.25) is 5.89 Å². The minimum atomic E-state index is -0.367. The van der Waals surface area contributed by atoms with Gasteiger partial charge in [0.15, 0.2) is 12.0 Å². The smallest absolute Gasteiger partial charge is 0.275 e. The Balaban J connectivity index is 1.91. The number of likely N-dealkylation sites (N-methyl/N-ethyl adjacent to an activating group) is 1. The third-order valence-electron chi connectivity index (χ3n) is 3.15. The number of thioether (sulfide) groups is 1. The van der Waals surface area contributed by atoms with E-state index in [1.807, 2.05) is 6.26 Å². The van der Waals surface area contributed by atoms with Crippen LogP contribution in [0.2, 0.25) is 0 Å².